The molecule has 94 valence electrons. The van der Waals surface area contributed by atoms with Gasteiger partial charge in [0.15, 0.2) is 0 Å². The van der Waals surface area contributed by atoms with Gasteiger partial charge in [-0.1, -0.05) is 5.10 Å². The van der Waals surface area contributed by atoms with Crippen molar-refractivity contribution in [2.45, 2.75) is 45.1 Å². The molecule has 0 aromatic carbocycles. The minimum absolute atomic E-state index is 0.366. The molecule has 0 saturated heterocycles. The highest BCUT2D eigenvalue weighted by Gasteiger charge is 2.51. The van der Waals surface area contributed by atoms with Gasteiger partial charge < -0.3 is 0 Å². The summed E-state index contributed by atoms with van der Waals surface area (Å²) in [5.74, 6) is 3.15. The summed E-state index contributed by atoms with van der Waals surface area (Å²) in [5, 5.41) is 20.4. The van der Waals surface area contributed by atoms with Gasteiger partial charge >= 0.3 is 0 Å². The molecule has 5 nitrogen and oxygen atoms in total. The zero-order chi connectivity index (χ0) is 12.2. The second-order valence-electron chi connectivity index (χ2n) is 6.69. The highest BCUT2D eigenvalue weighted by atomic mass is 15.5. The minimum Gasteiger partial charge on any atom is -0.216 e. The van der Waals surface area contributed by atoms with Gasteiger partial charge in [-0.2, -0.15) is 5.26 Å². The van der Waals surface area contributed by atoms with Crippen molar-refractivity contribution in [3.8, 4) is 6.07 Å². The van der Waals surface area contributed by atoms with Crippen molar-refractivity contribution in [3.63, 3.8) is 0 Å². The quantitative estimate of drug-likeness (QED) is 0.793. The van der Waals surface area contributed by atoms with E-state index >= 15 is 0 Å². The van der Waals surface area contributed by atoms with Crippen LogP contribution in [0.5, 0.6) is 0 Å². The highest BCUT2D eigenvalue weighted by Crippen LogP contribution is 2.60. The van der Waals surface area contributed by atoms with Gasteiger partial charge in [0.2, 0.25) is 0 Å². The molecule has 0 aliphatic heterocycles. The first-order valence-electron chi connectivity index (χ1n) is 6.93. The van der Waals surface area contributed by atoms with Crippen molar-refractivity contribution in [1.29, 1.82) is 5.26 Å². The zero-order valence-corrected chi connectivity index (χ0v) is 10.4. The van der Waals surface area contributed by atoms with Crippen molar-refractivity contribution in [2.24, 2.45) is 23.2 Å². The first-order chi connectivity index (χ1) is 8.76. The molecule has 5 rings (SSSR count). The molecule has 4 saturated carbocycles. The Bertz CT molecular complexity index is 476. The first-order valence-corrected chi connectivity index (χ1v) is 6.93. The molecule has 1 aromatic rings. The largest absolute Gasteiger partial charge is 0.253 e. The van der Waals surface area contributed by atoms with Gasteiger partial charge in [0.1, 0.15) is 6.07 Å². The number of nitriles is 1. The second-order valence-corrected chi connectivity index (χ2v) is 6.69. The first kappa shape index (κ1) is 10.5. The molecule has 1 heterocycles. The average molecular weight is 243 g/mol. The molecular formula is C13H17N5. The standard InChI is InChI=1S/C13H17N5/c14-7-12-15-16-17-18(12)8-13-4-9-1-10(5-13)3-11(2-9)6-13/h9-11H,1-6,8H2. The summed E-state index contributed by atoms with van der Waals surface area (Å²) in [5.41, 5.74) is 0.385. The molecule has 0 atom stereocenters. The predicted octanol–water partition coefficient (Wildman–Crippen LogP) is 1.76. The van der Waals surface area contributed by atoms with Crippen LogP contribution in [0.4, 0.5) is 0 Å². The SMILES string of the molecule is N#Cc1nnnn1CC12CC3CC(CC(C3)C1)C2. The Hall–Kier alpha value is -1.44. The Morgan fingerprint density at radius 1 is 1.17 bits per heavy atom. The normalized spacial score (nSPS) is 40.9. The van der Waals surface area contributed by atoms with Crippen LogP contribution < -0.4 is 0 Å². The van der Waals surface area contributed by atoms with Crippen LogP contribution in [-0.2, 0) is 6.54 Å². The Balaban J connectivity index is 1.63. The Kier molecular flexibility index (Phi) is 2.06. The van der Waals surface area contributed by atoms with Crippen LogP contribution in [-0.4, -0.2) is 20.2 Å². The summed E-state index contributed by atoms with van der Waals surface area (Å²) in [6.45, 7) is 0.854. The molecule has 0 radical (unpaired) electrons. The van der Waals surface area contributed by atoms with E-state index in [1.165, 1.54) is 38.5 Å². The van der Waals surface area contributed by atoms with E-state index in [1.54, 1.807) is 4.68 Å². The van der Waals surface area contributed by atoms with Gasteiger partial charge in [-0.15, -0.1) is 0 Å². The molecule has 0 unspecified atom stereocenters. The number of aromatic nitrogens is 4. The topological polar surface area (TPSA) is 67.4 Å². The average Bonchev–Trinajstić information content (AvgIpc) is 2.73. The number of hydrogen-bond acceptors (Lipinski definition) is 4. The van der Waals surface area contributed by atoms with Gasteiger partial charge in [-0.25, -0.2) is 4.68 Å². The molecular weight excluding hydrogens is 226 g/mol. The van der Waals surface area contributed by atoms with Crippen LogP contribution >= 0.6 is 0 Å². The Labute approximate surface area is 106 Å². The van der Waals surface area contributed by atoms with Crippen LogP contribution in [0, 0.1) is 34.5 Å². The molecule has 1 aromatic heterocycles. The molecule has 4 aliphatic carbocycles. The van der Waals surface area contributed by atoms with E-state index in [0.29, 0.717) is 11.2 Å². The molecule has 4 aliphatic rings. The lowest BCUT2D eigenvalue weighted by Gasteiger charge is -2.56. The third-order valence-corrected chi connectivity index (χ3v) is 5.28. The number of tetrazole rings is 1. The summed E-state index contributed by atoms with van der Waals surface area (Å²) in [6, 6.07) is 2.08. The molecule has 5 heteroatoms. The molecule has 4 bridgehead atoms. The predicted molar refractivity (Wildman–Crippen MR) is 63.1 cm³/mol. The molecule has 0 N–H and O–H groups in total. The van der Waals surface area contributed by atoms with Crippen LogP contribution in [0.25, 0.3) is 0 Å². The maximum absolute atomic E-state index is 9.01. The maximum atomic E-state index is 9.01. The molecule has 0 amide bonds. The highest BCUT2D eigenvalue weighted by molar-refractivity contribution is 5.08. The van der Waals surface area contributed by atoms with Gasteiger partial charge in [0.25, 0.3) is 5.82 Å². The monoisotopic (exact) mass is 243 g/mol. The van der Waals surface area contributed by atoms with Crippen LogP contribution in [0.15, 0.2) is 0 Å². The van der Waals surface area contributed by atoms with Crippen LogP contribution in [0.1, 0.15) is 44.3 Å². The van der Waals surface area contributed by atoms with E-state index in [1.807, 2.05) is 0 Å². The fourth-order valence-electron chi connectivity index (χ4n) is 5.19. The molecule has 4 fully saturated rings. The summed E-state index contributed by atoms with van der Waals surface area (Å²) in [4.78, 5) is 0. The Morgan fingerprint density at radius 2 is 1.78 bits per heavy atom. The van der Waals surface area contributed by atoms with Crippen molar-refractivity contribution in [1.82, 2.24) is 20.2 Å². The third-order valence-electron chi connectivity index (χ3n) is 5.28. The van der Waals surface area contributed by atoms with Crippen LogP contribution in [0.2, 0.25) is 0 Å². The smallest absolute Gasteiger partial charge is 0.216 e. The fraction of sp³-hybridized carbons (Fsp3) is 0.846. The zero-order valence-electron chi connectivity index (χ0n) is 10.4. The van der Waals surface area contributed by atoms with Gasteiger partial charge in [-0.05, 0) is 72.1 Å². The van der Waals surface area contributed by atoms with E-state index in [4.69, 9.17) is 5.26 Å². The van der Waals surface area contributed by atoms with Crippen molar-refractivity contribution >= 4 is 0 Å². The lowest BCUT2D eigenvalue weighted by molar-refractivity contribution is -0.0639. The summed E-state index contributed by atoms with van der Waals surface area (Å²) in [7, 11) is 0. The third kappa shape index (κ3) is 1.48. The van der Waals surface area contributed by atoms with Crippen LogP contribution in [0.3, 0.4) is 0 Å². The van der Waals surface area contributed by atoms with Crippen molar-refractivity contribution in [3.05, 3.63) is 5.82 Å². The summed E-state index contributed by atoms with van der Waals surface area (Å²) in [6.07, 6.45) is 8.30. The minimum atomic E-state index is 0.366. The molecule has 18 heavy (non-hydrogen) atoms. The Morgan fingerprint density at radius 3 is 2.33 bits per heavy atom. The number of nitrogens with zero attached hydrogens (tertiary/aromatic N) is 5. The maximum Gasteiger partial charge on any atom is 0.253 e. The van der Waals surface area contributed by atoms with E-state index in [-0.39, 0.29) is 0 Å². The lowest BCUT2D eigenvalue weighted by atomic mass is 9.49. The van der Waals surface area contributed by atoms with E-state index in [9.17, 15) is 0 Å². The van der Waals surface area contributed by atoms with Crippen molar-refractivity contribution < 1.29 is 0 Å². The van der Waals surface area contributed by atoms with E-state index in [0.717, 1.165) is 24.3 Å². The fourth-order valence-corrected chi connectivity index (χ4v) is 5.19. The van der Waals surface area contributed by atoms with Crippen molar-refractivity contribution in [2.75, 3.05) is 0 Å². The number of hydrogen-bond donors (Lipinski definition) is 0. The van der Waals surface area contributed by atoms with E-state index in [2.05, 4.69) is 21.6 Å². The number of rotatable bonds is 2. The second kappa shape index (κ2) is 3.53. The van der Waals surface area contributed by atoms with Gasteiger partial charge in [-0.3, -0.25) is 0 Å². The molecule has 0 spiro atoms. The summed E-state index contributed by atoms with van der Waals surface area (Å²) >= 11 is 0. The summed E-state index contributed by atoms with van der Waals surface area (Å²) < 4.78 is 1.73. The lowest BCUT2D eigenvalue weighted by Crippen LogP contribution is -2.48. The van der Waals surface area contributed by atoms with Gasteiger partial charge in [0.05, 0.1) is 6.54 Å². The van der Waals surface area contributed by atoms with Gasteiger partial charge in [0, 0.05) is 0 Å². The van der Waals surface area contributed by atoms with E-state index < -0.39 is 0 Å².